The van der Waals surface area contributed by atoms with Gasteiger partial charge in [-0.05, 0) is 36.6 Å². The van der Waals surface area contributed by atoms with E-state index in [4.69, 9.17) is 21.1 Å². The van der Waals surface area contributed by atoms with Gasteiger partial charge >= 0.3 is 0 Å². The Balaban J connectivity index is 2.17. The number of halogens is 1. The van der Waals surface area contributed by atoms with E-state index in [1.807, 2.05) is 0 Å². The minimum atomic E-state index is -0.282. The Labute approximate surface area is 147 Å². The Hall–Kier alpha value is -2.27. The van der Waals surface area contributed by atoms with Gasteiger partial charge in [-0.1, -0.05) is 25.4 Å². The van der Waals surface area contributed by atoms with Crippen LogP contribution >= 0.6 is 11.6 Å². The van der Waals surface area contributed by atoms with Crippen molar-refractivity contribution >= 4 is 23.2 Å². The fourth-order valence-corrected chi connectivity index (χ4v) is 2.29. The molecule has 1 N–H and O–H groups in total. The number of methoxy groups -OCH3 is 1. The van der Waals surface area contributed by atoms with Crippen molar-refractivity contribution in [2.45, 2.75) is 20.3 Å². The largest absolute Gasteiger partial charge is 0.493 e. The highest BCUT2D eigenvalue weighted by atomic mass is 35.5. The van der Waals surface area contributed by atoms with Gasteiger partial charge in [0.1, 0.15) is 0 Å². The maximum atomic E-state index is 12.4. The average Bonchev–Trinajstić information content (AvgIpc) is 2.56. The molecule has 1 amide bonds. The van der Waals surface area contributed by atoms with Crippen molar-refractivity contribution in [2.24, 2.45) is 5.92 Å². The van der Waals surface area contributed by atoms with Gasteiger partial charge < -0.3 is 14.8 Å². The minimum Gasteiger partial charge on any atom is -0.493 e. The third-order valence-electron chi connectivity index (χ3n) is 3.37. The van der Waals surface area contributed by atoms with Crippen LogP contribution in [0.2, 0.25) is 5.02 Å². The molecule has 0 bridgehead atoms. The normalized spacial score (nSPS) is 10.5. The van der Waals surface area contributed by atoms with Crippen LogP contribution in [0.1, 0.15) is 30.6 Å². The molecule has 128 valence electrons. The van der Waals surface area contributed by atoms with Crippen molar-refractivity contribution in [2.75, 3.05) is 19.0 Å². The molecule has 1 aromatic heterocycles. The van der Waals surface area contributed by atoms with Crippen LogP contribution in [0, 0.1) is 5.92 Å². The number of amides is 1. The smallest absolute Gasteiger partial charge is 0.255 e. The highest BCUT2D eigenvalue weighted by Gasteiger charge is 2.16. The van der Waals surface area contributed by atoms with Gasteiger partial charge in [0, 0.05) is 23.6 Å². The molecule has 0 aliphatic heterocycles. The number of pyridine rings is 1. The van der Waals surface area contributed by atoms with E-state index in [0.29, 0.717) is 40.3 Å². The quantitative estimate of drug-likeness (QED) is 0.804. The first kappa shape index (κ1) is 18.1. The first-order valence-corrected chi connectivity index (χ1v) is 8.10. The van der Waals surface area contributed by atoms with Gasteiger partial charge in [-0.2, -0.15) is 0 Å². The molecule has 0 aliphatic rings. The van der Waals surface area contributed by atoms with Crippen LogP contribution in [0.4, 0.5) is 5.69 Å². The highest BCUT2D eigenvalue weighted by Crippen LogP contribution is 2.36. The van der Waals surface area contributed by atoms with Crippen molar-refractivity contribution < 1.29 is 14.3 Å². The van der Waals surface area contributed by atoms with Gasteiger partial charge in [-0.3, -0.25) is 9.78 Å². The average molecular weight is 349 g/mol. The lowest BCUT2D eigenvalue weighted by Crippen LogP contribution is -2.12. The van der Waals surface area contributed by atoms with Gasteiger partial charge in [0.05, 0.1) is 18.7 Å². The Kier molecular flexibility index (Phi) is 6.44. The van der Waals surface area contributed by atoms with Crippen LogP contribution in [0.5, 0.6) is 11.5 Å². The molecule has 24 heavy (non-hydrogen) atoms. The molecule has 1 aromatic carbocycles. The standard InChI is InChI=1S/C18H21ClN2O3/c1-12(2)6-9-24-17-15(19)10-13(11-16(17)23-3)18(22)21-14-4-7-20-8-5-14/h4-5,7-8,10-12H,6,9H2,1-3H3,(H,20,21,22). The number of carbonyl (C=O) groups is 1. The van der Waals surface area contributed by atoms with Gasteiger partial charge in [-0.15, -0.1) is 0 Å². The fourth-order valence-electron chi connectivity index (χ4n) is 2.03. The first-order chi connectivity index (χ1) is 11.5. The molecule has 2 aromatic rings. The van der Waals surface area contributed by atoms with Crippen LogP contribution in [0.15, 0.2) is 36.7 Å². The van der Waals surface area contributed by atoms with E-state index in [-0.39, 0.29) is 5.91 Å². The van der Waals surface area contributed by atoms with E-state index in [9.17, 15) is 4.79 Å². The van der Waals surface area contributed by atoms with Crippen LogP contribution in [0.3, 0.4) is 0 Å². The van der Waals surface area contributed by atoms with E-state index in [1.165, 1.54) is 7.11 Å². The molecule has 0 unspecified atom stereocenters. The van der Waals surface area contributed by atoms with E-state index < -0.39 is 0 Å². The summed E-state index contributed by atoms with van der Waals surface area (Å²) in [5.74, 6) is 1.14. The summed E-state index contributed by atoms with van der Waals surface area (Å²) in [7, 11) is 1.52. The maximum absolute atomic E-state index is 12.4. The monoisotopic (exact) mass is 348 g/mol. The summed E-state index contributed by atoms with van der Waals surface area (Å²) >= 11 is 6.28. The van der Waals surface area contributed by atoms with Crippen molar-refractivity contribution in [1.82, 2.24) is 4.98 Å². The molecule has 6 heteroatoms. The van der Waals surface area contributed by atoms with Crippen molar-refractivity contribution in [3.05, 3.63) is 47.2 Å². The molecule has 0 spiro atoms. The fraction of sp³-hybridized carbons (Fsp3) is 0.333. The van der Waals surface area contributed by atoms with Crippen molar-refractivity contribution in [3.8, 4) is 11.5 Å². The summed E-state index contributed by atoms with van der Waals surface area (Å²) in [4.78, 5) is 16.3. The summed E-state index contributed by atoms with van der Waals surface area (Å²) in [6.45, 7) is 4.78. The minimum absolute atomic E-state index is 0.282. The Morgan fingerprint density at radius 3 is 2.62 bits per heavy atom. The molecule has 0 saturated heterocycles. The topological polar surface area (TPSA) is 60.5 Å². The Bertz CT molecular complexity index is 690. The summed E-state index contributed by atoms with van der Waals surface area (Å²) in [6.07, 6.45) is 4.12. The maximum Gasteiger partial charge on any atom is 0.255 e. The molecule has 0 radical (unpaired) electrons. The zero-order valence-corrected chi connectivity index (χ0v) is 14.8. The van der Waals surface area contributed by atoms with E-state index in [0.717, 1.165) is 6.42 Å². The number of ether oxygens (including phenoxy) is 2. The van der Waals surface area contributed by atoms with Crippen LogP contribution < -0.4 is 14.8 Å². The molecule has 5 nitrogen and oxygen atoms in total. The van der Waals surface area contributed by atoms with Crippen LogP contribution in [-0.4, -0.2) is 24.6 Å². The predicted octanol–water partition coefficient (Wildman–Crippen LogP) is 4.42. The number of hydrogen-bond acceptors (Lipinski definition) is 4. The number of nitrogens with one attached hydrogen (secondary N) is 1. The molecular formula is C18H21ClN2O3. The molecule has 0 fully saturated rings. The number of nitrogens with zero attached hydrogens (tertiary/aromatic N) is 1. The van der Waals surface area contributed by atoms with Gasteiger partial charge in [-0.25, -0.2) is 0 Å². The lowest BCUT2D eigenvalue weighted by molar-refractivity contribution is 0.102. The third kappa shape index (κ3) is 4.86. The van der Waals surface area contributed by atoms with Crippen molar-refractivity contribution in [1.29, 1.82) is 0 Å². The molecule has 0 aliphatic carbocycles. The zero-order chi connectivity index (χ0) is 17.5. The zero-order valence-electron chi connectivity index (χ0n) is 14.0. The number of rotatable bonds is 7. The molecule has 2 rings (SSSR count). The molecular weight excluding hydrogens is 328 g/mol. The van der Waals surface area contributed by atoms with Gasteiger partial charge in [0.2, 0.25) is 0 Å². The van der Waals surface area contributed by atoms with E-state index >= 15 is 0 Å². The van der Waals surface area contributed by atoms with Crippen LogP contribution in [0.25, 0.3) is 0 Å². The Morgan fingerprint density at radius 1 is 1.29 bits per heavy atom. The summed E-state index contributed by atoms with van der Waals surface area (Å²) in [6, 6.07) is 6.61. The summed E-state index contributed by atoms with van der Waals surface area (Å²) < 4.78 is 11.1. The number of hydrogen-bond donors (Lipinski definition) is 1. The van der Waals surface area contributed by atoms with E-state index in [1.54, 1.807) is 36.7 Å². The predicted molar refractivity (Wildman–Crippen MR) is 95.1 cm³/mol. The third-order valence-corrected chi connectivity index (χ3v) is 3.65. The second-order valence-corrected chi connectivity index (χ2v) is 6.12. The number of benzene rings is 1. The lowest BCUT2D eigenvalue weighted by atomic mass is 10.1. The summed E-state index contributed by atoms with van der Waals surface area (Å²) in [5.41, 5.74) is 1.05. The first-order valence-electron chi connectivity index (χ1n) is 7.73. The second-order valence-electron chi connectivity index (χ2n) is 5.71. The molecule has 0 saturated carbocycles. The van der Waals surface area contributed by atoms with Gasteiger partial charge in [0.15, 0.2) is 11.5 Å². The summed E-state index contributed by atoms with van der Waals surface area (Å²) in [5, 5.41) is 3.13. The van der Waals surface area contributed by atoms with Gasteiger partial charge in [0.25, 0.3) is 5.91 Å². The number of anilines is 1. The highest BCUT2D eigenvalue weighted by molar-refractivity contribution is 6.32. The van der Waals surface area contributed by atoms with Crippen LogP contribution in [-0.2, 0) is 0 Å². The molecule has 0 atom stereocenters. The number of carbonyl (C=O) groups excluding carboxylic acids is 1. The van der Waals surface area contributed by atoms with E-state index in [2.05, 4.69) is 24.1 Å². The Morgan fingerprint density at radius 2 is 2.00 bits per heavy atom. The SMILES string of the molecule is COc1cc(C(=O)Nc2ccncc2)cc(Cl)c1OCCC(C)C. The number of aromatic nitrogens is 1. The second kappa shape index (κ2) is 8.55. The molecule has 1 heterocycles. The lowest BCUT2D eigenvalue weighted by Gasteiger charge is -2.15. The van der Waals surface area contributed by atoms with Crippen molar-refractivity contribution in [3.63, 3.8) is 0 Å².